The zero-order valence-corrected chi connectivity index (χ0v) is 33.7. The van der Waals surface area contributed by atoms with Gasteiger partial charge in [0.15, 0.2) is 17.9 Å². The van der Waals surface area contributed by atoms with Crippen molar-refractivity contribution in [3.63, 3.8) is 0 Å². The number of benzene rings is 3. The zero-order chi connectivity index (χ0) is 40.3. The molecule has 10 atom stereocenters. The number of nitrogens with one attached hydrogen (secondary N) is 1. The van der Waals surface area contributed by atoms with Gasteiger partial charge in [0.05, 0.1) is 44.8 Å². The van der Waals surface area contributed by atoms with Crippen LogP contribution in [0.3, 0.4) is 0 Å². The van der Waals surface area contributed by atoms with Crippen molar-refractivity contribution in [1.82, 2.24) is 20.3 Å². The van der Waals surface area contributed by atoms with Gasteiger partial charge < -0.3 is 47.9 Å². The van der Waals surface area contributed by atoms with Crippen molar-refractivity contribution in [2.24, 2.45) is 0 Å². The van der Waals surface area contributed by atoms with E-state index in [2.05, 4.69) is 15.6 Å². The second-order valence-electron chi connectivity index (χ2n) is 16.2. The molecule has 3 aromatic carbocycles. The molecule has 0 radical (unpaired) electrons. The molecule has 4 aliphatic heterocycles. The summed E-state index contributed by atoms with van der Waals surface area (Å²) in [5, 5.41) is 12.2. The Balaban J connectivity index is 1.04. The summed E-state index contributed by atoms with van der Waals surface area (Å²) < 4.78 is 59.9. The molecule has 0 spiro atoms. The fourth-order valence-corrected chi connectivity index (χ4v) is 8.27. The lowest BCUT2D eigenvalue weighted by molar-refractivity contribution is -0.237. The van der Waals surface area contributed by atoms with Gasteiger partial charge in [0.1, 0.15) is 48.4 Å². The van der Waals surface area contributed by atoms with Crippen molar-refractivity contribution < 1.29 is 47.4 Å². The van der Waals surface area contributed by atoms with E-state index >= 15 is 0 Å². The van der Waals surface area contributed by atoms with Gasteiger partial charge in [-0.05, 0) is 50.8 Å². The number of carbonyl (C=O) groups is 1. The fraction of sp³-hybridized carbons (Fsp3) is 0.523. The Hall–Kier alpha value is -4.09. The molecule has 14 nitrogen and oxygen atoms in total. The van der Waals surface area contributed by atoms with Crippen molar-refractivity contribution in [1.29, 1.82) is 0 Å². The molecule has 4 aromatic rings. The van der Waals surface area contributed by atoms with Gasteiger partial charge in [0, 0.05) is 13.5 Å². The first-order valence-corrected chi connectivity index (χ1v) is 20.1. The predicted octanol–water partition coefficient (Wildman–Crippen LogP) is 5.40. The molecule has 1 N–H and O–H groups in total. The molecular formula is C44H54N4O10. The van der Waals surface area contributed by atoms with Gasteiger partial charge in [-0.15, -0.1) is 5.10 Å². The van der Waals surface area contributed by atoms with Crippen LogP contribution in [0, 0.1) is 0 Å². The van der Waals surface area contributed by atoms with Crippen molar-refractivity contribution in [3.8, 4) is 0 Å². The maximum Gasteiger partial charge on any atom is 0.217 e. The van der Waals surface area contributed by atoms with Crippen LogP contribution in [0.1, 0.15) is 69.5 Å². The van der Waals surface area contributed by atoms with Gasteiger partial charge in [0.25, 0.3) is 0 Å². The minimum absolute atomic E-state index is 0.208. The largest absolute Gasteiger partial charge is 0.374 e. The van der Waals surface area contributed by atoms with Crippen molar-refractivity contribution in [3.05, 3.63) is 120 Å². The third-order valence-electron chi connectivity index (χ3n) is 10.8. The molecule has 6 unspecified atom stereocenters. The average molecular weight is 799 g/mol. The van der Waals surface area contributed by atoms with Crippen LogP contribution in [0.5, 0.6) is 0 Å². The Labute approximate surface area is 339 Å². The first kappa shape index (κ1) is 40.7. The Morgan fingerprint density at radius 1 is 0.707 bits per heavy atom. The molecule has 0 bridgehead atoms. The fourth-order valence-electron chi connectivity index (χ4n) is 8.27. The SMILES string of the molecule is CC(=O)NC1C(OCc2ccccc2)[C@H](OCc2ccccc2)C(COCc2ccccc2)O[C@@H]1CCn1cc(C2O[C@@H]3OC(C)(C)OC3C3OC(C)(C)O[C@@H]23)nn1. The van der Waals surface area contributed by atoms with Gasteiger partial charge in [0.2, 0.25) is 5.91 Å². The van der Waals surface area contributed by atoms with E-state index < -0.39 is 72.7 Å². The van der Waals surface area contributed by atoms with Crippen LogP contribution in [-0.2, 0) is 73.8 Å². The van der Waals surface area contributed by atoms with Crippen LogP contribution in [0.25, 0.3) is 0 Å². The number of aryl methyl sites for hydroxylation is 1. The molecule has 1 aromatic heterocycles. The first-order valence-electron chi connectivity index (χ1n) is 20.1. The second-order valence-corrected chi connectivity index (χ2v) is 16.2. The van der Waals surface area contributed by atoms with E-state index in [4.69, 9.17) is 42.6 Å². The summed E-state index contributed by atoms with van der Waals surface area (Å²) >= 11 is 0. The van der Waals surface area contributed by atoms with Crippen molar-refractivity contribution in [2.75, 3.05) is 6.61 Å². The molecular weight excluding hydrogens is 745 g/mol. The summed E-state index contributed by atoms with van der Waals surface area (Å²) in [6.07, 6.45) is -2.55. The van der Waals surface area contributed by atoms with Gasteiger partial charge in [-0.2, -0.15) is 0 Å². The van der Waals surface area contributed by atoms with E-state index in [1.807, 2.05) is 125 Å². The van der Waals surface area contributed by atoms with Crippen LogP contribution in [0.15, 0.2) is 97.2 Å². The number of aromatic nitrogens is 3. The summed E-state index contributed by atoms with van der Waals surface area (Å²) in [4.78, 5) is 12.9. The van der Waals surface area contributed by atoms with Gasteiger partial charge in [-0.3, -0.25) is 9.48 Å². The molecule has 5 heterocycles. The van der Waals surface area contributed by atoms with Crippen LogP contribution in [-0.4, -0.2) is 94.1 Å². The first-order chi connectivity index (χ1) is 28.0. The molecule has 8 rings (SSSR count). The predicted molar refractivity (Wildman–Crippen MR) is 209 cm³/mol. The lowest BCUT2D eigenvalue weighted by Gasteiger charge is -2.46. The summed E-state index contributed by atoms with van der Waals surface area (Å²) in [7, 11) is 0. The van der Waals surface area contributed by atoms with Crippen molar-refractivity contribution >= 4 is 5.91 Å². The molecule has 0 aliphatic carbocycles. The summed E-state index contributed by atoms with van der Waals surface area (Å²) in [5.74, 6) is -1.90. The van der Waals surface area contributed by atoms with Crippen LogP contribution >= 0.6 is 0 Å². The molecule has 1 amide bonds. The number of nitrogens with zero attached hydrogens (tertiary/aromatic N) is 3. The molecule has 58 heavy (non-hydrogen) atoms. The highest BCUT2D eigenvalue weighted by molar-refractivity contribution is 5.73. The molecule has 4 saturated heterocycles. The third kappa shape index (κ3) is 9.68. The number of rotatable bonds is 15. The number of amides is 1. The average Bonchev–Trinajstić information content (AvgIpc) is 3.90. The van der Waals surface area contributed by atoms with E-state index in [0.29, 0.717) is 38.5 Å². The van der Waals surface area contributed by atoms with Crippen LogP contribution in [0.2, 0.25) is 0 Å². The second kappa shape index (κ2) is 17.6. The standard InChI is InChI=1S/C44H54N4O10/c1-28(49)45-35-33(21-22-48-23-32(46-47-48)36-39-40(56-43(2,3)55-39)41-42(54-36)58-44(4,5)57-41)53-34(27-50-24-29-15-9-6-10-16-29)37(51-25-30-17-11-7-12-18-30)38(35)52-26-31-19-13-8-14-20-31/h6-20,23,33-42H,21-22,24-27H2,1-5H3,(H,45,49)/t33-,34?,35?,36?,37-,38?,39+,40?,41?,42-/m1/s1. The minimum atomic E-state index is -0.849. The molecule has 14 heteroatoms. The topological polar surface area (TPSA) is 143 Å². The lowest BCUT2D eigenvalue weighted by atomic mass is 9.90. The lowest BCUT2D eigenvalue weighted by Crippen LogP contribution is -2.65. The quantitative estimate of drug-likeness (QED) is 0.165. The third-order valence-corrected chi connectivity index (χ3v) is 10.8. The summed E-state index contributed by atoms with van der Waals surface area (Å²) in [6, 6.07) is 29.4. The van der Waals surface area contributed by atoms with E-state index in [9.17, 15) is 4.79 Å². The monoisotopic (exact) mass is 798 g/mol. The Morgan fingerprint density at radius 3 is 1.91 bits per heavy atom. The smallest absolute Gasteiger partial charge is 0.217 e. The van der Waals surface area contributed by atoms with Gasteiger partial charge in [-0.25, -0.2) is 0 Å². The Morgan fingerprint density at radius 2 is 1.28 bits per heavy atom. The molecule has 310 valence electrons. The van der Waals surface area contributed by atoms with Gasteiger partial charge in [-0.1, -0.05) is 96.2 Å². The highest BCUT2D eigenvalue weighted by atomic mass is 16.9. The molecule has 4 fully saturated rings. The summed E-state index contributed by atoms with van der Waals surface area (Å²) in [6.45, 7) is 10.6. The molecule has 4 aliphatic rings. The van der Waals surface area contributed by atoms with E-state index in [1.54, 1.807) is 4.68 Å². The van der Waals surface area contributed by atoms with Crippen LogP contribution in [0.4, 0.5) is 0 Å². The highest BCUT2D eigenvalue weighted by Gasteiger charge is 2.61. The van der Waals surface area contributed by atoms with E-state index in [0.717, 1.165) is 16.7 Å². The van der Waals surface area contributed by atoms with Crippen molar-refractivity contribution in [2.45, 2.75) is 140 Å². The Kier molecular flexibility index (Phi) is 12.4. The summed E-state index contributed by atoms with van der Waals surface area (Å²) in [5.41, 5.74) is 3.63. The Bertz CT molecular complexity index is 1930. The highest BCUT2D eigenvalue weighted by Crippen LogP contribution is 2.48. The van der Waals surface area contributed by atoms with Crippen LogP contribution < -0.4 is 5.32 Å². The normalized spacial score (nSPS) is 31.1. The number of carbonyl (C=O) groups excluding carboxylic acids is 1. The maximum atomic E-state index is 12.9. The number of hydrogen-bond acceptors (Lipinski definition) is 12. The van der Waals surface area contributed by atoms with Gasteiger partial charge >= 0.3 is 0 Å². The maximum absolute atomic E-state index is 12.9. The number of ether oxygens (including phenoxy) is 9. The van der Waals surface area contributed by atoms with E-state index in [-0.39, 0.29) is 12.5 Å². The minimum Gasteiger partial charge on any atom is -0.374 e. The zero-order valence-electron chi connectivity index (χ0n) is 33.7. The van der Waals surface area contributed by atoms with E-state index in [1.165, 1.54) is 6.92 Å². The number of hydrogen-bond donors (Lipinski definition) is 1. The molecule has 0 saturated carbocycles. The number of fused-ring (bicyclic) bond motifs is 3.